The molecule has 0 saturated carbocycles. The fraction of sp³-hybridized carbons (Fsp3) is 0.591. The maximum absolute atomic E-state index is 13.1. The molecule has 0 radical (unpaired) electrons. The molecular formula is C22H29N3O5. The Hall–Kier alpha value is -2.79. The maximum Gasteiger partial charge on any atom is 0.410 e. The minimum absolute atomic E-state index is 0.367. The molecule has 2 N–H and O–H groups in total. The molecule has 0 bridgehead atoms. The van der Waals surface area contributed by atoms with Crippen LogP contribution in [-0.4, -0.2) is 51.9 Å². The number of benzene rings is 1. The van der Waals surface area contributed by atoms with Crippen molar-refractivity contribution in [3.63, 3.8) is 0 Å². The summed E-state index contributed by atoms with van der Waals surface area (Å²) in [6.07, 6.45) is -0.368. The van der Waals surface area contributed by atoms with E-state index in [1.807, 2.05) is 0 Å². The largest absolute Gasteiger partial charge is 0.485 e. The van der Waals surface area contributed by atoms with Crippen LogP contribution in [0, 0.1) is 11.3 Å². The van der Waals surface area contributed by atoms with Gasteiger partial charge in [-0.1, -0.05) is 0 Å². The van der Waals surface area contributed by atoms with Gasteiger partial charge in [-0.25, -0.2) is 4.79 Å². The molecule has 8 heteroatoms. The zero-order chi connectivity index (χ0) is 22.3. The number of carbonyl (C=O) groups excluding carboxylic acids is 2. The Balaban J connectivity index is 1.85. The van der Waals surface area contributed by atoms with E-state index in [1.54, 1.807) is 52.8 Å². The van der Waals surface area contributed by atoms with Crippen LogP contribution >= 0.6 is 0 Å². The molecule has 2 aliphatic heterocycles. The number of hydrogen-bond donors (Lipinski definition) is 2. The SMILES string of the molecule is CC(C)(C)OC(=O)N1CCC[C@H]1C(=O)NC1c2cc(C#N)ccc2OC(C)(C)C1O. The molecule has 1 aromatic carbocycles. The molecule has 2 aliphatic rings. The van der Waals surface area contributed by atoms with Gasteiger partial charge in [0.05, 0.1) is 17.7 Å². The average molecular weight is 415 g/mol. The molecule has 0 aromatic heterocycles. The van der Waals surface area contributed by atoms with Gasteiger partial charge in [-0.05, 0) is 65.7 Å². The maximum atomic E-state index is 13.1. The first-order chi connectivity index (χ1) is 13.9. The van der Waals surface area contributed by atoms with Crippen LogP contribution in [-0.2, 0) is 9.53 Å². The summed E-state index contributed by atoms with van der Waals surface area (Å²) < 4.78 is 11.3. The lowest BCUT2D eigenvalue weighted by atomic mass is 9.85. The smallest absolute Gasteiger partial charge is 0.410 e. The lowest BCUT2D eigenvalue weighted by Gasteiger charge is -2.42. The zero-order valence-electron chi connectivity index (χ0n) is 18.1. The summed E-state index contributed by atoms with van der Waals surface area (Å²) in [6.45, 7) is 9.24. The third-order valence-corrected chi connectivity index (χ3v) is 5.36. The van der Waals surface area contributed by atoms with Gasteiger partial charge in [0.1, 0.15) is 29.1 Å². The molecule has 0 aliphatic carbocycles. The van der Waals surface area contributed by atoms with Gasteiger partial charge in [0.25, 0.3) is 0 Å². The van der Waals surface area contributed by atoms with Crippen LogP contribution in [0.25, 0.3) is 0 Å². The van der Waals surface area contributed by atoms with Gasteiger partial charge in [-0.2, -0.15) is 5.26 Å². The van der Waals surface area contributed by atoms with Gasteiger partial charge < -0.3 is 19.9 Å². The second-order valence-electron chi connectivity index (χ2n) is 9.33. The summed E-state index contributed by atoms with van der Waals surface area (Å²) in [6, 6.07) is 5.53. The normalized spacial score (nSPS) is 25.0. The van der Waals surface area contributed by atoms with E-state index in [-0.39, 0.29) is 5.91 Å². The number of aliphatic hydroxyl groups is 1. The quantitative estimate of drug-likeness (QED) is 0.768. The Morgan fingerprint density at radius 2 is 2.07 bits per heavy atom. The lowest BCUT2D eigenvalue weighted by molar-refractivity contribution is -0.129. The van der Waals surface area contributed by atoms with Crippen LogP contribution in [0.3, 0.4) is 0 Å². The van der Waals surface area contributed by atoms with Crippen molar-refractivity contribution in [3.8, 4) is 11.8 Å². The highest BCUT2D eigenvalue weighted by atomic mass is 16.6. The van der Waals surface area contributed by atoms with Crippen LogP contribution in [0.1, 0.15) is 64.6 Å². The minimum Gasteiger partial charge on any atom is -0.485 e. The van der Waals surface area contributed by atoms with E-state index in [2.05, 4.69) is 11.4 Å². The topological polar surface area (TPSA) is 112 Å². The first-order valence-electron chi connectivity index (χ1n) is 10.1. The molecule has 1 fully saturated rings. The molecule has 2 amide bonds. The highest BCUT2D eigenvalue weighted by Crippen LogP contribution is 2.40. The van der Waals surface area contributed by atoms with Crippen LogP contribution in [0.2, 0.25) is 0 Å². The standard InChI is InChI=1S/C22H29N3O5/c1-21(2,3)30-20(28)25-10-6-7-15(25)19(27)24-17-14-11-13(12-23)8-9-16(14)29-22(4,5)18(17)26/h8-9,11,15,17-18,26H,6-7,10H2,1-5H3,(H,24,27)/t15-,17?,18?/m0/s1. The van der Waals surface area contributed by atoms with Crippen molar-refractivity contribution in [3.05, 3.63) is 29.3 Å². The zero-order valence-corrected chi connectivity index (χ0v) is 18.1. The Morgan fingerprint density at radius 1 is 1.37 bits per heavy atom. The summed E-state index contributed by atoms with van der Waals surface area (Å²) in [4.78, 5) is 27.1. The van der Waals surface area contributed by atoms with Crippen molar-refractivity contribution in [2.75, 3.05) is 6.54 Å². The Labute approximate surface area is 176 Å². The van der Waals surface area contributed by atoms with E-state index in [9.17, 15) is 20.0 Å². The van der Waals surface area contributed by atoms with Crippen molar-refractivity contribution in [2.24, 2.45) is 0 Å². The van der Waals surface area contributed by atoms with Crippen LogP contribution < -0.4 is 10.1 Å². The predicted molar refractivity (Wildman–Crippen MR) is 109 cm³/mol. The number of likely N-dealkylation sites (tertiary alicyclic amines) is 1. The van der Waals surface area contributed by atoms with Gasteiger partial charge in [0.2, 0.25) is 5.91 Å². The molecule has 162 valence electrons. The molecular weight excluding hydrogens is 386 g/mol. The highest BCUT2D eigenvalue weighted by molar-refractivity contribution is 5.86. The van der Waals surface area contributed by atoms with Crippen molar-refractivity contribution >= 4 is 12.0 Å². The Morgan fingerprint density at radius 3 is 2.70 bits per heavy atom. The fourth-order valence-corrected chi connectivity index (χ4v) is 3.85. The summed E-state index contributed by atoms with van der Waals surface area (Å²) in [5, 5.41) is 23.0. The summed E-state index contributed by atoms with van der Waals surface area (Å²) in [7, 11) is 0. The van der Waals surface area contributed by atoms with Gasteiger partial charge in [0, 0.05) is 12.1 Å². The molecule has 1 aromatic rings. The Bertz CT molecular complexity index is 884. The second-order valence-corrected chi connectivity index (χ2v) is 9.33. The van der Waals surface area contributed by atoms with Crippen LogP contribution in [0.5, 0.6) is 5.75 Å². The molecule has 8 nitrogen and oxygen atoms in total. The summed E-state index contributed by atoms with van der Waals surface area (Å²) in [5.41, 5.74) is -0.663. The molecule has 3 atom stereocenters. The first-order valence-corrected chi connectivity index (χ1v) is 10.1. The summed E-state index contributed by atoms with van der Waals surface area (Å²) >= 11 is 0. The van der Waals surface area contributed by atoms with Gasteiger partial charge in [-0.15, -0.1) is 0 Å². The van der Waals surface area contributed by atoms with Crippen molar-refractivity contribution in [2.45, 2.75) is 76.9 Å². The number of nitriles is 1. The van der Waals surface area contributed by atoms with Gasteiger partial charge >= 0.3 is 6.09 Å². The van der Waals surface area contributed by atoms with E-state index < -0.39 is 35.5 Å². The highest BCUT2D eigenvalue weighted by Gasteiger charge is 2.45. The molecule has 1 saturated heterocycles. The number of carbonyl (C=O) groups is 2. The first kappa shape index (κ1) is 21.9. The summed E-state index contributed by atoms with van der Waals surface area (Å²) in [5.74, 6) is 0.137. The monoisotopic (exact) mass is 415 g/mol. The predicted octanol–water partition coefficient (Wildman–Crippen LogP) is 2.65. The number of amides is 2. The van der Waals surface area contributed by atoms with Crippen LogP contribution in [0.4, 0.5) is 4.79 Å². The molecule has 2 unspecified atom stereocenters. The van der Waals surface area contributed by atoms with Gasteiger partial charge in [0.15, 0.2) is 0 Å². The number of hydrogen-bond acceptors (Lipinski definition) is 6. The second kappa shape index (κ2) is 7.80. The molecule has 2 heterocycles. The molecule has 30 heavy (non-hydrogen) atoms. The number of aliphatic hydroxyl groups excluding tert-OH is 1. The number of rotatable bonds is 2. The van der Waals surface area contributed by atoms with E-state index in [4.69, 9.17) is 9.47 Å². The number of nitrogens with one attached hydrogen (secondary N) is 1. The third-order valence-electron chi connectivity index (χ3n) is 5.36. The van der Waals surface area contributed by atoms with Crippen LogP contribution in [0.15, 0.2) is 18.2 Å². The Kier molecular flexibility index (Phi) is 5.70. The van der Waals surface area contributed by atoms with Crippen molar-refractivity contribution in [1.82, 2.24) is 10.2 Å². The van der Waals surface area contributed by atoms with E-state index >= 15 is 0 Å². The fourth-order valence-electron chi connectivity index (χ4n) is 3.85. The lowest BCUT2D eigenvalue weighted by Crippen LogP contribution is -2.56. The molecule has 0 spiro atoms. The number of fused-ring (bicyclic) bond motifs is 1. The van der Waals surface area contributed by atoms with Crippen molar-refractivity contribution in [1.29, 1.82) is 5.26 Å². The van der Waals surface area contributed by atoms with E-state index in [0.29, 0.717) is 36.3 Å². The average Bonchev–Trinajstić information content (AvgIpc) is 3.13. The van der Waals surface area contributed by atoms with Crippen molar-refractivity contribution < 1.29 is 24.2 Å². The van der Waals surface area contributed by atoms with Gasteiger partial charge in [-0.3, -0.25) is 9.69 Å². The number of nitrogens with zero attached hydrogens (tertiary/aromatic N) is 2. The van der Waals surface area contributed by atoms with E-state index in [1.165, 1.54) is 4.90 Å². The van der Waals surface area contributed by atoms with E-state index in [0.717, 1.165) is 0 Å². The minimum atomic E-state index is -1.04. The third kappa shape index (κ3) is 4.36. The number of ether oxygens (including phenoxy) is 2. The molecule has 3 rings (SSSR count).